The van der Waals surface area contributed by atoms with Crippen molar-refractivity contribution in [2.75, 3.05) is 25.5 Å². The Morgan fingerprint density at radius 1 is 1.33 bits per heavy atom. The number of nitriles is 1. The van der Waals surface area contributed by atoms with Gasteiger partial charge in [0.15, 0.2) is 0 Å². The third-order valence-corrected chi connectivity index (χ3v) is 3.71. The maximum absolute atomic E-state index is 9.25. The molecule has 0 bridgehead atoms. The lowest BCUT2D eigenvalue weighted by molar-refractivity contribution is 0.273. The second kappa shape index (κ2) is 7.05. The minimum absolute atomic E-state index is 0.564. The molecule has 0 spiro atoms. The topological polar surface area (TPSA) is 52.0 Å². The lowest BCUT2D eigenvalue weighted by Gasteiger charge is -2.20. The van der Waals surface area contributed by atoms with Gasteiger partial charge < -0.3 is 10.2 Å². The van der Waals surface area contributed by atoms with E-state index < -0.39 is 0 Å². The second-order valence-electron chi connectivity index (χ2n) is 5.54. The fourth-order valence-corrected chi connectivity index (χ4v) is 2.16. The van der Waals surface area contributed by atoms with Crippen LogP contribution in [0.4, 0.5) is 5.82 Å². The Morgan fingerprint density at radius 2 is 2.10 bits per heavy atom. The van der Waals surface area contributed by atoms with Crippen molar-refractivity contribution in [3.05, 3.63) is 35.9 Å². The molecule has 0 aliphatic heterocycles. The highest BCUT2D eigenvalue weighted by Crippen LogP contribution is 2.19. The molecule has 0 saturated carbocycles. The number of aromatic nitrogens is 1. The molecular weight excluding hydrogens is 260 g/mol. The summed E-state index contributed by atoms with van der Waals surface area (Å²) in [6.07, 6.45) is 1.05. The molecule has 1 aromatic heterocycles. The van der Waals surface area contributed by atoms with Crippen molar-refractivity contribution in [3.8, 4) is 6.07 Å². The maximum Gasteiger partial charge on any atom is 0.127 e. The molecule has 2 aromatic rings. The summed E-state index contributed by atoms with van der Waals surface area (Å²) >= 11 is 0. The van der Waals surface area contributed by atoms with Crippen LogP contribution in [0.15, 0.2) is 30.3 Å². The van der Waals surface area contributed by atoms with Crippen molar-refractivity contribution < 1.29 is 0 Å². The van der Waals surface area contributed by atoms with E-state index in [1.807, 2.05) is 30.3 Å². The SMILES string of the molecule is CC(C)N(C)CCCNc1cc(C#N)c2ccccc2n1. The molecule has 0 fully saturated rings. The number of rotatable bonds is 6. The molecule has 4 heteroatoms. The summed E-state index contributed by atoms with van der Waals surface area (Å²) in [7, 11) is 2.13. The average Bonchev–Trinajstić information content (AvgIpc) is 2.50. The maximum atomic E-state index is 9.25. The van der Waals surface area contributed by atoms with Gasteiger partial charge in [-0.2, -0.15) is 5.26 Å². The normalized spacial score (nSPS) is 11.0. The fourth-order valence-electron chi connectivity index (χ4n) is 2.16. The Labute approximate surface area is 126 Å². The Morgan fingerprint density at radius 3 is 2.81 bits per heavy atom. The van der Waals surface area contributed by atoms with Crippen LogP contribution in [0.25, 0.3) is 10.9 Å². The molecule has 4 nitrogen and oxygen atoms in total. The number of nitrogens with one attached hydrogen (secondary N) is 1. The Balaban J connectivity index is 2.01. The van der Waals surface area contributed by atoms with Crippen molar-refractivity contribution in [2.24, 2.45) is 0 Å². The van der Waals surface area contributed by atoms with Crippen molar-refractivity contribution >= 4 is 16.7 Å². The van der Waals surface area contributed by atoms with Gasteiger partial charge >= 0.3 is 0 Å². The van der Waals surface area contributed by atoms with E-state index in [-0.39, 0.29) is 0 Å². The predicted octanol–water partition coefficient (Wildman–Crippen LogP) is 3.25. The Kier molecular flexibility index (Phi) is 5.13. The lowest BCUT2D eigenvalue weighted by atomic mass is 10.1. The van der Waals surface area contributed by atoms with Gasteiger partial charge in [-0.1, -0.05) is 18.2 Å². The number of nitrogens with zero attached hydrogens (tertiary/aromatic N) is 3. The third kappa shape index (κ3) is 3.93. The zero-order chi connectivity index (χ0) is 15.2. The molecule has 1 aromatic carbocycles. The zero-order valence-corrected chi connectivity index (χ0v) is 12.9. The molecule has 21 heavy (non-hydrogen) atoms. The molecule has 0 saturated heterocycles. The van der Waals surface area contributed by atoms with Crippen LogP contribution in [-0.4, -0.2) is 36.1 Å². The van der Waals surface area contributed by atoms with Crippen LogP contribution in [0.1, 0.15) is 25.8 Å². The van der Waals surface area contributed by atoms with Crippen LogP contribution < -0.4 is 5.32 Å². The van der Waals surface area contributed by atoms with Crippen LogP contribution in [-0.2, 0) is 0 Å². The van der Waals surface area contributed by atoms with E-state index in [2.05, 4.69) is 42.2 Å². The number of hydrogen-bond acceptors (Lipinski definition) is 4. The molecule has 0 unspecified atom stereocenters. The van der Waals surface area contributed by atoms with E-state index in [1.165, 1.54) is 0 Å². The van der Waals surface area contributed by atoms with Gasteiger partial charge in [-0.25, -0.2) is 4.98 Å². The van der Waals surface area contributed by atoms with Crippen LogP contribution in [0.5, 0.6) is 0 Å². The van der Waals surface area contributed by atoms with Crippen molar-refractivity contribution in [1.82, 2.24) is 9.88 Å². The third-order valence-electron chi connectivity index (χ3n) is 3.71. The molecule has 1 N–H and O–H groups in total. The molecule has 110 valence electrons. The number of anilines is 1. The van der Waals surface area contributed by atoms with E-state index in [0.717, 1.165) is 36.2 Å². The van der Waals surface area contributed by atoms with Crippen LogP contribution in [0, 0.1) is 11.3 Å². The molecule has 2 rings (SSSR count). The summed E-state index contributed by atoms with van der Waals surface area (Å²) in [4.78, 5) is 6.88. The summed E-state index contributed by atoms with van der Waals surface area (Å²) in [5.74, 6) is 0.775. The standard InChI is InChI=1S/C17H22N4/c1-13(2)21(3)10-6-9-19-17-11-14(12-18)15-7-4-5-8-16(15)20-17/h4-5,7-8,11,13H,6,9-10H2,1-3H3,(H,19,20). The van der Waals surface area contributed by atoms with E-state index in [1.54, 1.807) is 0 Å². The van der Waals surface area contributed by atoms with E-state index in [4.69, 9.17) is 0 Å². The highest BCUT2D eigenvalue weighted by molar-refractivity contribution is 5.86. The first kappa shape index (κ1) is 15.3. The summed E-state index contributed by atoms with van der Waals surface area (Å²) < 4.78 is 0. The molecule has 1 heterocycles. The van der Waals surface area contributed by atoms with Gasteiger partial charge in [0.2, 0.25) is 0 Å². The highest BCUT2D eigenvalue weighted by atomic mass is 15.1. The average molecular weight is 282 g/mol. The van der Waals surface area contributed by atoms with Crippen molar-refractivity contribution in [1.29, 1.82) is 5.26 Å². The minimum atomic E-state index is 0.564. The number of fused-ring (bicyclic) bond motifs is 1. The second-order valence-corrected chi connectivity index (χ2v) is 5.54. The number of para-hydroxylation sites is 1. The van der Waals surface area contributed by atoms with Crippen molar-refractivity contribution in [2.45, 2.75) is 26.3 Å². The van der Waals surface area contributed by atoms with Crippen LogP contribution in [0.2, 0.25) is 0 Å². The first-order valence-electron chi connectivity index (χ1n) is 7.36. The highest BCUT2D eigenvalue weighted by Gasteiger charge is 2.05. The van der Waals surface area contributed by atoms with Crippen LogP contribution >= 0.6 is 0 Å². The first-order valence-corrected chi connectivity index (χ1v) is 7.36. The van der Waals surface area contributed by atoms with Gasteiger partial charge in [-0.05, 0) is 46.0 Å². The van der Waals surface area contributed by atoms with Gasteiger partial charge in [0, 0.05) is 18.0 Å². The zero-order valence-electron chi connectivity index (χ0n) is 12.9. The fraction of sp³-hybridized carbons (Fsp3) is 0.412. The summed E-state index contributed by atoms with van der Waals surface area (Å²) in [6.45, 7) is 6.28. The summed E-state index contributed by atoms with van der Waals surface area (Å²) in [5, 5.41) is 13.5. The Bertz CT molecular complexity index is 643. The molecule has 0 aliphatic rings. The lowest BCUT2D eigenvalue weighted by Crippen LogP contribution is -2.28. The molecular formula is C17H22N4. The molecule has 0 radical (unpaired) electrons. The first-order chi connectivity index (χ1) is 10.1. The van der Waals surface area contributed by atoms with E-state index in [9.17, 15) is 5.26 Å². The molecule has 0 amide bonds. The van der Waals surface area contributed by atoms with Gasteiger partial charge in [-0.3, -0.25) is 0 Å². The van der Waals surface area contributed by atoms with Gasteiger partial charge in [-0.15, -0.1) is 0 Å². The van der Waals surface area contributed by atoms with Crippen LogP contribution in [0.3, 0.4) is 0 Å². The van der Waals surface area contributed by atoms with E-state index >= 15 is 0 Å². The summed E-state index contributed by atoms with van der Waals surface area (Å²) in [5.41, 5.74) is 1.53. The number of pyridine rings is 1. The van der Waals surface area contributed by atoms with E-state index in [0.29, 0.717) is 11.6 Å². The quantitative estimate of drug-likeness (QED) is 0.826. The Hall–Kier alpha value is -2.12. The predicted molar refractivity (Wildman–Crippen MR) is 87.3 cm³/mol. The molecule has 0 atom stereocenters. The smallest absolute Gasteiger partial charge is 0.127 e. The minimum Gasteiger partial charge on any atom is -0.370 e. The monoisotopic (exact) mass is 282 g/mol. The van der Waals surface area contributed by atoms with Gasteiger partial charge in [0.05, 0.1) is 17.1 Å². The van der Waals surface area contributed by atoms with Crippen molar-refractivity contribution in [3.63, 3.8) is 0 Å². The summed E-state index contributed by atoms with van der Waals surface area (Å²) in [6, 6.07) is 12.4. The largest absolute Gasteiger partial charge is 0.370 e. The molecule has 0 aliphatic carbocycles. The van der Waals surface area contributed by atoms with Gasteiger partial charge in [0.1, 0.15) is 5.82 Å². The number of hydrogen-bond donors (Lipinski definition) is 1. The number of benzene rings is 1. The van der Waals surface area contributed by atoms with Gasteiger partial charge in [0.25, 0.3) is 0 Å².